The molecule has 5 rings (SSSR count). The predicted molar refractivity (Wildman–Crippen MR) is 123 cm³/mol. The maximum absolute atomic E-state index is 12.7. The first-order valence-corrected chi connectivity index (χ1v) is 10.8. The Labute approximate surface area is 185 Å². The average Bonchev–Trinajstić information content (AvgIpc) is 3.30. The van der Waals surface area contributed by atoms with E-state index >= 15 is 0 Å². The van der Waals surface area contributed by atoms with Crippen LogP contribution in [0.15, 0.2) is 67.1 Å². The smallest absolute Gasteiger partial charge is 0.253 e. The summed E-state index contributed by atoms with van der Waals surface area (Å²) in [4.78, 5) is 23.9. The van der Waals surface area contributed by atoms with E-state index in [-0.39, 0.29) is 5.91 Å². The van der Waals surface area contributed by atoms with Crippen LogP contribution in [0.2, 0.25) is 5.02 Å². The number of piperidine rings is 1. The molecule has 156 valence electrons. The van der Waals surface area contributed by atoms with Crippen molar-refractivity contribution in [3.8, 4) is 11.3 Å². The van der Waals surface area contributed by atoms with Crippen molar-refractivity contribution in [2.45, 2.75) is 19.3 Å². The maximum Gasteiger partial charge on any atom is 0.253 e. The SMILES string of the molecule is O=C(c1ccc(-c2cn3ccnc3c(Nc3ccc(Cl)cc3)n2)cc1)N1CCCCC1. The number of aromatic nitrogens is 3. The van der Waals surface area contributed by atoms with Gasteiger partial charge in [0.2, 0.25) is 0 Å². The Bertz CT molecular complexity index is 1210. The van der Waals surface area contributed by atoms with E-state index in [0.29, 0.717) is 16.4 Å². The van der Waals surface area contributed by atoms with Gasteiger partial charge in [-0.25, -0.2) is 9.97 Å². The fraction of sp³-hybridized carbons (Fsp3) is 0.208. The van der Waals surface area contributed by atoms with Crippen molar-refractivity contribution in [3.63, 3.8) is 0 Å². The number of halogens is 1. The van der Waals surface area contributed by atoms with Gasteiger partial charge >= 0.3 is 0 Å². The highest BCUT2D eigenvalue weighted by molar-refractivity contribution is 6.30. The van der Waals surface area contributed by atoms with Crippen LogP contribution in [0.25, 0.3) is 16.9 Å². The van der Waals surface area contributed by atoms with Crippen LogP contribution in [0.3, 0.4) is 0 Å². The van der Waals surface area contributed by atoms with Crippen LogP contribution in [0, 0.1) is 0 Å². The molecule has 1 aliphatic rings. The first-order chi connectivity index (χ1) is 15.2. The van der Waals surface area contributed by atoms with Gasteiger partial charge in [0.15, 0.2) is 11.5 Å². The zero-order chi connectivity index (χ0) is 21.2. The summed E-state index contributed by atoms with van der Waals surface area (Å²) in [5.41, 5.74) is 4.05. The standard InChI is InChI=1S/C24H22ClN5O/c25-19-8-10-20(11-9-19)27-22-23-26-12-15-30(23)16-21(28-22)17-4-6-18(7-5-17)24(31)29-13-2-1-3-14-29/h4-12,15-16H,1-3,13-14H2,(H,27,28). The number of carbonyl (C=O) groups is 1. The largest absolute Gasteiger partial charge is 0.339 e. The lowest BCUT2D eigenvalue weighted by molar-refractivity contribution is 0.0724. The van der Waals surface area contributed by atoms with Gasteiger partial charge in [0.1, 0.15) is 0 Å². The Hall–Kier alpha value is -3.38. The van der Waals surface area contributed by atoms with E-state index in [1.165, 1.54) is 6.42 Å². The minimum Gasteiger partial charge on any atom is -0.339 e. The normalized spacial score (nSPS) is 14.0. The van der Waals surface area contributed by atoms with E-state index in [1.807, 2.05) is 70.2 Å². The molecule has 0 saturated carbocycles. The quantitative estimate of drug-likeness (QED) is 0.468. The molecule has 3 heterocycles. The van der Waals surface area contributed by atoms with Crippen molar-refractivity contribution in [1.29, 1.82) is 0 Å². The van der Waals surface area contributed by atoms with Crippen molar-refractivity contribution in [3.05, 3.63) is 77.7 Å². The zero-order valence-electron chi connectivity index (χ0n) is 17.0. The summed E-state index contributed by atoms with van der Waals surface area (Å²) in [6.45, 7) is 1.69. The summed E-state index contributed by atoms with van der Waals surface area (Å²) in [6, 6.07) is 15.1. The molecule has 1 amide bonds. The number of carbonyl (C=O) groups excluding carboxylic acids is 1. The average molecular weight is 432 g/mol. The van der Waals surface area contributed by atoms with Gasteiger partial charge in [-0.2, -0.15) is 0 Å². The minimum atomic E-state index is 0.106. The van der Waals surface area contributed by atoms with Crippen molar-refractivity contribution in [2.24, 2.45) is 0 Å². The summed E-state index contributed by atoms with van der Waals surface area (Å²) in [5, 5.41) is 4.01. The maximum atomic E-state index is 12.7. The molecule has 0 spiro atoms. The number of fused-ring (bicyclic) bond motifs is 1. The topological polar surface area (TPSA) is 62.5 Å². The Kier molecular flexibility index (Phi) is 5.30. The Balaban J connectivity index is 1.44. The van der Waals surface area contributed by atoms with Crippen LogP contribution in [-0.2, 0) is 0 Å². The van der Waals surface area contributed by atoms with Crippen LogP contribution in [0.1, 0.15) is 29.6 Å². The number of imidazole rings is 1. The number of amides is 1. The lowest BCUT2D eigenvalue weighted by Crippen LogP contribution is -2.35. The molecule has 1 aliphatic heterocycles. The number of benzene rings is 2. The van der Waals surface area contributed by atoms with Gasteiger partial charge in [-0.15, -0.1) is 0 Å². The van der Waals surface area contributed by atoms with Gasteiger partial charge in [0.25, 0.3) is 5.91 Å². The molecule has 1 saturated heterocycles. The third-order valence-electron chi connectivity index (χ3n) is 5.55. The predicted octanol–water partition coefficient (Wildman–Crippen LogP) is 5.42. The van der Waals surface area contributed by atoms with Crippen molar-refractivity contribution < 1.29 is 4.79 Å². The molecule has 2 aromatic carbocycles. The van der Waals surface area contributed by atoms with E-state index in [9.17, 15) is 4.79 Å². The summed E-state index contributed by atoms with van der Waals surface area (Å²) < 4.78 is 1.94. The molecule has 0 aliphatic carbocycles. The molecule has 7 heteroatoms. The molecule has 0 atom stereocenters. The second-order valence-electron chi connectivity index (χ2n) is 7.69. The summed E-state index contributed by atoms with van der Waals surface area (Å²) in [6.07, 6.45) is 8.95. The lowest BCUT2D eigenvalue weighted by atomic mass is 10.1. The number of anilines is 2. The second kappa shape index (κ2) is 8.40. The Morgan fingerprint density at radius 1 is 0.968 bits per heavy atom. The monoisotopic (exact) mass is 431 g/mol. The zero-order valence-corrected chi connectivity index (χ0v) is 17.7. The molecule has 4 aromatic rings. The molecule has 31 heavy (non-hydrogen) atoms. The first kappa shape index (κ1) is 19.6. The van der Waals surface area contributed by atoms with Crippen molar-refractivity contribution in [1.82, 2.24) is 19.3 Å². The number of nitrogens with zero attached hydrogens (tertiary/aromatic N) is 4. The van der Waals surface area contributed by atoms with Crippen molar-refractivity contribution in [2.75, 3.05) is 18.4 Å². The highest BCUT2D eigenvalue weighted by atomic mass is 35.5. The summed E-state index contributed by atoms with van der Waals surface area (Å²) >= 11 is 6.00. The van der Waals surface area contributed by atoms with Crippen LogP contribution in [0.5, 0.6) is 0 Å². The molecule has 0 radical (unpaired) electrons. The van der Waals surface area contributed by atoms with Gasteiger partial charge in [-0.05, 0) is 55.7 Å². The van der Waals surface area contributed by atoms with Gasteiger partial charge in [0, 0.05) is 53.5 Å². The summed E-state index contributed by atoms with van der Waals surface area (Å²) in [5.74, 6) is 0.757. The van der Waals surface area contributed by atoms with E-state index in [4.69, 9.17) is 16.6 Å². The van der Waals surface area contributed by atoms with E-state index in [1.54, 1.807) is 6.20 Å². The molecule has 6 nitrogen and oxygen atoms in total. The lowest BCUT2D eigenvalue weighted by Gasteiger charge is -2.26. The fourth-order valence-corrected chi connectivity index (χ4v) is 4.01. The highest BCUT2D eigenvalue weighted by Crippen LogP contribution is 2.26. The van der Waals surface area contributed by atoms with E-state index < -0.39 is 0 Å². The highest BCUT2D eigenvalue weighted by Gasteiger charge is 2.18. The van der Waals surface area contributed by atoms with E-state index in [0.717, 1.165) is 48.5 Å². The van der Waals surface area contributed by atoms with Crippen LogP contribution in [0.4, 0.5) is 11.5 Å². The number of rotatable bonds is 4. The molecule has 1 N–H and O–H groups in total. The second-order valence-corrected chi connectivity index (χ2v) is 8.13. The number of nitrogens with one attached hydrogen (secondary N) is 1. The molecular formula is C24H22ClN5O. The van der Waals surface area contributed by atoms with Crippen LogP contribution < -0.4 is 5.32 Å². The third-order valence-corrected chi connectivity index (χ3v) is 5.80. The van der Waals surface area contributed by atoms with Crippen molar-refractivity contribution >= 4 is 34.7 Å². The molecule has 2 aromatic heterocycles. The van der Waals surface area contributed by atoms with Gasteiger partial charge in [-0.1, -0.05) is 23.7 Å². The Morgan fingerprint density at radius 3 is 2.45 bits per heavy atom. The molecule has 0 bridgehead atoms. The number of hydrogen-bond donors (Lipinski definition) is 1. The molecular weight excluding hydrogens is 410 g/mol. The van der Waals surface area contributed by atoms with Gasteiger partial charge in [-0.3, -0.25) is 4.79 Å². The molecule has 0 unspecified atom stereocenters. The van der Waals surface area contributed by atoms with Crippen LogP contribution >= 0.6 is 11.6 Å². The minimum absolute atomic E-state index is 0.106. The number of hydrogen-bond acceptors (Lipinski definition) is 4. The number of likely N-dealkylation sites (tertiary alicyclic amines) is 1. The van der Waals surface area contributed by atoms with Gasteiger partial charge in [0.05, 0.1) is 5.69 Å². The first-order valence-electron chi connectivity index (χ1n) is 10.4. The van der Waals surface area contributed by atoms with Crippen LogP contribution in [-0.4, -0.2) is 38.3 Å². The fourth-order valence-electron chi connectivity index (χ4n) is 3.89. The third kappa shape index (κ3) is 4.11. The summed E-state index contributed by atoms with van der Waals surface area (Å²) in [7, 11) is 0. The van der Waals surface area contributed by atoms with Gasteiger partial charge < -0.3 is 14.6 Å². The van der Waals surface area contributed by atoms with E-state index in [2.05, 4.69) is 10.3 Å². The molecule has 1 fully saturated rings. The Morgan fingerprint density at radius 2 is 1.71 bits per heavy atom.